The minimum atomic E-state index is 0.106. The second kappa shape index (κ2) is 9.43. The quantitative estimate of drug-likeness (QED) is 0.743. The Balaban J connectivity index is 1.58. The molecule has 6 nitrogen and oxygen atoms in total. The van der Waals surface area contributed by atoms with E-state index in [-0.39, 0.29) is 11.8 Å². The minimum absolute atomic E-state index is 0.106. The highest BCUT2D eigenvalue weighted by Crippen LogP contribution is 2.20. The predicted octanol–water partition coefficient (Wildman–Crippen LogP) is 2.70. The van der Waals surface area contributed by atoms with Crippen molar-refractivity contribution in [3.05, 3.63) is 35.5 Å². The highest BCUT2D eigenvalue weighted by Gasteiger charge is 2.22. The van der Waals surface area contributed by atoms with Crippen LogP contribution in [0.4, 0.5) is 0 Å². The molecule has 2 aromatic rings. The van der Waals surface area contributed by atoms with Crippen molar-refractivity contribution >= 4 is 34.3 Å². The van der Waals surface area contributed by atoms with E-state index in [1.54, 1.807) is 0 Å². The third-order valence-corrected chi connectivity index (χ3v) is 5.69. The van der Waals surface area contributed by atoms with Crippen molar-refractivity contribution in [2.45, 2.75) is 26.8 Å². The zero-order chi connectivity index (χ0) is 20.1. The molecule has 1 aromatic carbocycles. The van der Waals surface area contributed by atoms with Gasteiger partial charge in [-0.05, 0) is 43.9 Å². The number of carbonyl (C=O) groups is 2. The van der Waals surface area contributed by atoms with Crippen molar-refractivity contribution in [3.8, 4) is 0 Å². The van der Waals surface area contributed by atoms with E-state index in [9.17, 15) is 9.59 Å². The van der Waals surface area contributed by atoms with E-state index in [2.05, 4.69) is 4.90 Å². The van der Waals surface area contributed by atoms with E-state index in [4.69, 9.17) is 11.6 Å². The van der Waals surface area contributed by atoms with Gasteiger partial charge in [-0.2, -0.15) is 0 Å². The molecule has 1 aliphatic rings. The molecule has 28 heavy (non-hydrogen) atoms. The van der Waals surface area contributed by atoms with Crippen molar-refractivity contribution in [1.82, 2.24) is 19.3 Å². The lowest BCUT2D eigenvalue weighted by atomic mass is 10.2. The van der Waals surface area contributed by atoms with E-state index in [1.807, 2.05) is 58.7 Å². The molecule has 1 aliphatic heterocycles. The van der Waals surface area contributed by atoms with E-state index >= 15 is 0 Å². The lowest BCUT2D eigenvalue weighted by Gasteiger charge is -2.25. The van der Waals surface area contributed by atoms with Gasteiger partial charge in [0.25, 0.3) is 0 Å². The zero-order valence-corrected chi connectivity index (χ0v) is 17.5. The smallest absolute Gasteiger partial charge is 0.242 e. The average molecular weight is 405 g/mol. The number of halogens is 1. The Kier molecular flexibility index (Phi) is 6.97. The van der Waals surface area contributed by atoms with Gasteiger partial charge in [0, 0.05) is 56.0 Å². The monoisotopic (exact) mass is 404 g/mol. The number of carbonyl (C=O) groups excluding carboxylic acids is 2. The summed E-state index contributed by atoms with van der Waals surface area (Å²) >= 11 is 6.11. The first-order valence-electron chi connectivity index (χ1n) is 10.0. The first-order valence-corrected chi connectivity index (χ1v) is 10.4. The van der Waals surface area contributed by atoms with E-state index in [0.717, 1.165) is 50.0 Å². The van der Waals surface area contributed by atoms with Gasteiger partial charge < -0.3 is 14.4 Å². The molecule has 1 aromatic heterocycles. The standard InChI is InChI=1S/C21H29ClN4O2/c1-3-24(4-2)20(27)15-23-9-5-10-25(13-12-23)21(28)16-26-11-8-17-6-7-18(22)14-19(17)26/h6-8,11,14H,3-5,9-10,12-13,15-16H2,1-2H3. The summed E-state index contributed by atoms with van der Waals surface area (Å²) in [7, 11) is 0. The topological polar surface area (TPSA) is 48.8 Å². The Morgan fingerprint density at radius 2 is 1.82 bits per heavy atom. The fourth-order valence-corrected chi connectivity index (χ4v) is 3.95. The lowest BCUT2D eigenvalue weighted by molar-refractivity contribution is -0.132. The van der Waals surface area contributed by atoms with Crippen LogP contribution < -0.4 is 0 Å². The number of rotatable bonds is 6. The van der Waals surface area contributed by atoms with Crippen molar-refractivity contribution in [2.24, 2.45) is 0 Å². The van der Waals surface area contributed by atoms with E-state index in [1.165, 1.54) is 0 Å². The molecule has 0 aliphatic carbocycles. The lowest BCUT2D eigenvalue weighted by Crippen LogP contribution is -2.42. The van der Waals surface area contributed by atoms with Gasteiger partial charge >= 0.3 is 0 Å². The second-order valence-electron chi connectivity index (χ2n) is 7.22. The molecule has 152 valence electrons. The van der Waals surface area contributed by atoms with Crippen LogP contribution in [0.2, 0.25) is 5.02 Å². The Morgan fingerprint density at radius 3 is 2.57 bits per heavy atom. The Hall–Kier alpha value is -2.05. The third kappa shape index (κ3) is 4.86. The number of hydrogen-bond acceptors (Lipinski definition) is 3. The maximum Gasteiger partial charge on any atom is 0.242 e. The van der Waals surface area contributed by atoms with Crippen LogP contribution in [0.3, 0.4) is 0 Å². The Morgan fingerprint density at radius 1 is 1.04 bits per heavy atom. The van der Waals surface area contributed by atoms with Crippen molar-refractivity contribution in [2.75, 3.05) is 45.8 Å². The molecule has 0 N–H and O–H groups in total. The summed E-state index contributed by atoms with van der Waals surface area (Å²) in [5.74, 6) is 0.273. The average Bonchev–Trinajstić information content (AvgIpc) is 2.91. The predicted molar refractivity (Wildman–Crippen MR) is 113 cm³/mol. The molecule has 0 bridgehead atoms. The number of amides is 2. The summed E-state index contributed by atoms with van der Waals surface area (Å²) in [5.41, 5.74) is 0.974. The van der Waals surface area contributed by atoms with Crippen molar-refractivity contribution in [3.63, 3.8) is 0 Å². The molecule has 2 amide bonds. The maximum atomic E-state index is 12.9. The number of benzene rings is 1. The molecule has 2 heterocycles. The number of likely N-dealkylation sites (N-methyl/N-ethyl adjacent to an activating group) is 1. The highest BCUT2D eigenvalue weighted by atomic mass is 35.5. The van der Waals surface area contributed by atoms with Crippen LogP contribution in [0.15, 0.2) is 30.5 Å². The van der Waals surface area contributed by atoms with E-state index < -0.39 is 0 Å². The SMILES string of the molecule is CCN(CC)C(=O)CN1CCCN(C(=O)Cn2ccc3ccc(Cl)cc32)CC1. The fraction of sp³-hybridized carbons (Fsp3) is 0.524. The maximum absolute atomic E-state index is 12.9. The first-order chi connectivity index (χ1) is 13.5. The number of hydrogen-bond donors (Lipinski definition) is 0. The summed E-state index contributed by atoms with van der Waals surface area (Å²) in [6.07, 6.45) is 2.82. The van der Waals surface area contributed by atoms with Gasteiger partial charge in [0.05, 0.1) is 6.54 Å². The van der Waals surface area contributed by atoms with Gasteiger partial charge in [0.15, 0.2) is 0 Å². The third-order valence-electron chi connectivity index (χ3n) is 5.46. The van der Waals surface area contributed by atoms with Crippen LogP contribution in [0.25, 0.3) is 10.9 Å². The molecule has 0 atom stereocenters. The molecular formula is C21H29ClN4O2. The second-order valence-corrected chi connectivity index (χ2v) is 7.66. The van der Waals surface area contributed by atoms with Crippen molar-refractivity contribution in [1.29, 1.82) is 0 Å². The Labute approximate surface area is 171 Å². The summed E-state index contributed by atoms with van der Waals surface area (Å²) in [6, 6.07) is 7.73. The van der Waals surface area contributed by atoms with Crippen molar-refractivity contribution < 1.29 is 9.59 Å². The molecule has 1 saturated heterocycles. The van der Waals surface area contributed by atoms with Crippen LogP contribution >= 0.6 is 11.6 Å². The molecule has 0 saturated carbocycles. The summed E-state index contributed by atoms with van der Waals surface area (Å²) in [4.78, 5) is 31.1. The Bertz CT molecular complexity index is 831. The molecular weight excluding hydrogens is 376 g/mol. The molecule has 0 spiro atoms. The largest absolute Gasteiger partial charge is 0.342 e. The minimum Gasteiger partial charge on any atom is -0.342 e. The molecule has 0 radical (unpaired) electrons. The number of aromatic nitrogens is 1. The molecule has 1 fully saturated rings. The van der Waals surface area contributed by atoms with Gasteiger partial charge in [-0.1, -0.05) is 17.7 Å². The summed E-state index contributed by atoms with van der Waals surface area (Å²) in [6.45, 7) is 9.19. The molecule has 7 heteroatoms. The summed E-state index contributed by atoms with van der Waals surface area (Å²) in [5, 5.41) is 1.75. The van der Waals surface area contributed by atoms with Gasteiger partial charge in [-0.3, -0.25) is 14.5 Å². The van der Waals surface area contributed by atoms with Gasteiger partial charge in [-0.15, -0.1) is 0 Å². The molecule has 3 rings (SSSR count). The number of fused-ring (bicyclic) bond motifs is 1. The van der Waals surface area contributed by atoms with Crippen LogP contribution in [0, 0.1) is 0 Å². The molecule has 0 unspecified atom stereocenters. The van der Waals surface area contributed by atoms with E-state index in [0.29, 0.717) is 24.7 Å². The summed E-state index contributed by atoms with van der Waals surface area (Å²) < 4.78 is 1.95. The number of nitrogens with zero attached hydrogens (tertiary/aromatic N) is 4. The zero-order valence-electron chi connectivity index (χ0n) is 16.7. The van der Waals surface area contributed by atoms with Gasteiger partial charge in [-0.25, -0.2) is 0 Å². The van der Waals surface area contributed by atoms with Gasteiger partial charge in [0.1, 0.15) is 6.54 Å². The first kappa shape index (κ1) is 20.7. The normalized spacial score (nSPS) is 15.6. The highest BCUT2D eigenvalue weighted by molar-refractivity contribution is 6.31. The van der Waals surface area contributed by atoms with Crippen LogP contribution in [-0.4, -0.2) is 76.9 Å². The fourth-order valence-electron chi connectivity index (χ4n) is 3.79. The van der Waals surface area contributed by atoms with Crippen LogP contribution in [-0.2, 0) is 16.1 Å². The van der Waals surface area contributed by atoms with Crippen LogP contribution in [0.5, 0.6) is 0 Å². The van der Waals surface area contributed by atoms with Gasteiger partial charge in [0.2, 0.25) is 11.8 Å². The van der Waals surface area contributed by atoms with Crippen LogP contribution in [0.1, 0.15) is 20.3 Å².